The molecule has 0 radical (unpaired) electrons. The zero-order chi connectivity index (χ0) is 12.5. The van der Waals surface area contributed by atoms with Crippen LogP contribution in [0.15, 0.2) is 24.3 Å². The Balaban J connectivity index is 2.02. The predicted molar refractivity (Wildman–Crippen MR) is 58.6 cm³/mol. The second-order valence-corrected chi connectivity index (χ2v) is 4.66. The summed E-state index contributed by atoms with van der Waals surface area (Å²) in [6.45, 7) is 0. The Hall–Kier alpha value is -1.03. The molecular weight excluding hydrogens is 229 g/mol. The first kappa shape index (κ1) is 12.4. The molecule has 0 fully saturated rings. The standard InChI is InChI=1S/C13H15F3O/c14-13(15,16)8-3-7-12(17)9-6-10-4-1-2-5-11(10)12/h1-2,4-5,17H,3,6-9H2. The average Bonchev–Trinajstić information content (AvgIpc) is 2.56. The van der Waals surface area contributed by atoms with E-state index in [9.17, 15) is 18.3 Å². The van der Waals surface area contributed by atoms with Crippen LogP contribution in [-0.4, -0.2) is 11.3 Å². The van der Waals surface area contributed by atoms with Crippen LogP contribution in [0.4, 0.5) is 13.2 Å². The molecule has 2 rings (SSSR count). The van der Waals surface area contributed by atoms with Gasteiger partial charge in [0.2, 0.25) is 0 Å². The molecule has 0 aliphatic heterocycles. The molecule has 1 atom stereocenters. The van der Waals surface area contributed by atoms with Crippen LogP contribution in [0.2, 0.25) is 0 Å². The van der Waals surface area contributed by atoms with Crippen molar-refractivity contribution in [2.24, 2.45) is 0 Å². The minimum atomic E-state index is -4.13. The maximum absolute atomic E-state index is 12.1. The van der Waals surface area contributed by atoms with Gasteiger partial charge in [0.05, 0.1) is 5.60 Å². The van der Waals surface area contributed by atoms with Crippen LogP contribution in [-0.2, 0) is 12.0 Å². The van der Waals surface area contributed by atoms with Crippen molar-refractivity contribution in [3.05, 3.63) is 35.4 Å². The molecule has 0 saturated carbocycles. The molecule has 1 nitrogen and oxygen atoms in total. The van der Waals surface area contributed by atoms with E-state index in [-0.39, 0.29) is 12.8 Å². The second-order valence-electron chi connectivity index (χ2n) is 4.66. The van der Waals surface area contributed by atoms with Crippen LogP contribution in [0, 0.1) is 0 Å². The molecule has 1 aromatic rings. The molecule has 94 valence electrons. The Morgan fingerprint density at radius 3 is 2.65 bits per heavy atom. The zero-order valence-electron chi connectivity index (χ0n) is 9.43. The lowest BCUT2D eigenvalue weighted by Crippen LogP contribution is -2.23. The van der Waals surface area contributed by atoms with E-state index >= 15 is 0 Å². The van der Waals surface area contributed by atoms with E-state index in [0.717, 1.165) is 17.5 Å². The topological polar surface area (TPSA) is 20.2 Å². The maximum atomic E-state index is 12.1. The molecule has 4 heteroatoms. The Morgan fingerprint density at radius 2 is 1.94 bits per heavy atom. The fraction of sp³-hybridized carbons (Fsp3) is 0.538. The Labute approximate surface area is 98.3 Å². The van der Waals surface area contributed by atoms with E-state index in [0.29, 0.717) is 6.42 Å². The largest absolute Gasteiger partial charge is 0.389 e. The van der Waals surface area contributed by atoms with Crippen molar-refractivity contribution >= 4 is 0 Å². The summed E-state index contributed by atoms with van der Waals surface area (Å²) < 4.78 is 36.2. The number of aliphatic hydroxyl groups is 1. The molecule has 1 aliphatic carbocycles. The van der Waals surface area contributed by atoms with Gasteiger partial charge in [-0.05, 0) is 36.8 Å². The van der Waals surface area contributed by atoms with E-state index < -0.39 is 18.2 Å². The van der Waals surface area contributed by atoms with Crippen LogP contribution in [0.1, 0.15) is 36.8 Å². The highest BCUT2D eigenvalue weighted by molar-refractivity contribution is 5.36. The minimum Gasteiger partial charge on any atom is -0.385 e. The number of alkyl halides is 3. The van der Waals surface area contributed by atoms with Crippen molar-refractivity contribution in [2.45, 2.75) is 43.9 Å². The van der Waals surface area contributed by atoms with E-state index in [1.807, 2.05) is 24.3 Å². The predicted octanol–water partition coefficient (Wildman–Crippen LogP) is 3.55. The number of rotatable bonds is 3. The van der Waals surface area contributed by atoms with Gasteiger partial charge in [-0.1, -0.05) is 24.3 Å². The molecule has 0 spiro atoms. The van der Waals surface area contributed by atoms with Gasteiger partial charge in [-0.3, -0.25) is 0 Å². The third kappa shape index (κ3) is 2.80. The summed E-state index contributed by atoms with van der Waals surface area (Å²) in [5.74, 6) is 0. The van der Waals surface area contributed by atoms with Gasteiger partial charge in [-0.25, -0.2) is 0 Å². The van der Waals surface area contributed by atoms with Crippen molar-refractivity contribution in [3.8, 4) is 0 Å². The first-order valence-electron chi connectivity index (χ1n) is 5.78. The van der Waals surface area contributed by atoms with Crippen molar-refractivity contribution in [2.75, 3.05) is 0 Å². The van der Waals surface area contributed by atoms with Crippen LogP contribution in [0.5, 0.6) is 0 Å². The monoisotopic (exact) mass is 244 g/mol. The number of halogens is 3. The first-order chi connectivity index (χ1) is 7.91. The molecule has 0 heterocycles. The van der Waals surface area contributed by atoms with Gasteiger partial charge < -0.3 is 5.11 Å². The Bertz CT molecular complexity index is 400. The first-order valence-corrected chi connectivity index (χ1v) is 5.78. The Morgan fingerprint density at radius 1 is 1.24 bits per heavy atom. The molecular formula is C13H15F3O. The lowest BCUT2D eigenvalue weighted by molar-refractivity contribution is -0.138. The average molecular weight is 244 g/mol. The molecule has 0 bridgehead atoms. The van der Waals surface area contributed by atoms with Crippen LogP contribution >= 0.6 is 0 Å². The lowest BCUT2D eigenvalue weighted by Gasteiger charge is -2.24. The second kappa shape index (κ2) is 4.33. The van der Waals surface area contributed by atoms with Crippen molar-refractivity contribution in [1.82, 2.24) is 0 Å². The summed E-state index contributed by atoms with van der Waals surface area (Å²) in [5.41, 5.74) is 0.811. The third-order valence-corrected chi connectivity index (χ3v) is 3.38. The molecule has 1 N–H and O–H groups in total. The van der Waals surface area contributed by atoms with E-state index in [1.54, 1.807) is 0 Å². The van der Waals surface area contributed by atoms with Gasteiger partial charge in [-0.2, -0.15) is 13.2 Å². The summed E-state index contributed by atoms with van der Waals surface area (Å²) >= 11 is 0. The van der Waals surface area contributed by atoms with Gasteiger partial charge in [0.1, 0.15) is 0 Å². The summed E-state index contributed by atoms with van der Waals surface area (Å²) in [6, 6.07) is 7.45. The molecule has 0 saturated heterocycles. The molecule has 0 amide bonds. The van der Waals surface area contributed by atoms with Gasteiger partial charge >= 0.3 is 6.18 Å². The van der Waals surface area contributed by atoms with E-state index in [1.165, 1.54) is 0 Å². The van der Waals surface area contributed by atoms with Gasteiger partial charge in [0, 0.05) is 6.42 Å². The smallest absolute Gasteiger partial charge is 0.385 e. The molecule has 1 aromatic carbocycles. The number of fused-ring (bicyclic) bond motifs is 1. The lowest BCUT2D eigenvalue weighted by atomic mass is 9.90. The van der Waals surface area contributed by atoms with Crippen molar-refractivity contribution in [3.63, 3.8) is 0 Å². The van der Waals surface area contributed by atoms with Crippen molar-refractivity contribution in [1.29, 1.82) is 0 Å². The zero-order valence-corrected chi connectivity index (χ0v) is 9.43. The van der Waals surface area contributed by atoms with Crippen LogP contribution in [0.3, 0.4) is 0 Å². The quantitative estimate of drug-likeness (QED) is 0.862. The molecule has 0 aromatic heterocycles. The summed E-state index contributed by atoms with van der Waals surface area (Å²) in [6.07, 6.45) is -3.51. The minimum absolute atomic E-state index is 0.0195. The summed E-state index contributed by atoms with van der Waals surface area (Å²) in [4.78, 5) is 0. The van der Waals surface area contributed by atoms with Gasteiger partial charge in [0.25, 0.3) is 0 Å². The highest BCUT2D eigenvalue weighted by Crippen LogP contribution is 2.41. The number of aryl methyl sites for hydroxylation is 1. The van der Waals surface area contributed by atoms with E-state index in [4.69, 9.17) is 0 Å². The fourth-order valence-corrected chi connectivity index (χ4v) is 2.51. The summed E-state index contributed by atoms with van der Waals surface area (Å²) in [5, 5.41) is 10.4. The molecule has 17 heavy (non-hydrogen) atoms. The van der Waals surface area contributed by atoms with Crippen LogP contribution < -0.4 is 0 Å². The fourth-order valence-electron chi connectivity index (χ4n) is 2.51. The van der Waals surface area contributed by atoms with Gasteiger partial charge in [-0.15, -0.1) is 0 Å². The van der Waals surface area contributed by atoms with Gasteiger partial charge in [0.15, 0.2) is 0 Å². The molecule has 1 unspecified atom stereocenters. The summed E-state index contributed by atoms with van der Waals surface area (Å²) in [7, 11) is 0. The van der Waals surface area contributed by atoms with Crippen molar-refractivity contribution < 1.29 is 18.3 Å². The normalized spacial score (nSPS) is 23.8. The SMILES string of the molecule is OC1(CCCC(F)(F)F)CCc2ccccc21. The van der Waals surface area contributed by atoms with Crippen LogP contribution in [0.25, 0.3) is 0 Å². The van der Waals surface area contributed by atoms with E-state index in [2.05, 4.69) is 0 Å². The third-order valence-electron chi connectivity index (χ3n) is 3.38. The maximum Gasteiger partial charge on any atom is 0.389 e. The number of hydrogen-bond donors (Lipinski definition) is 1. The molecule has 1 aliphatic rings. The Kier molecular flexibility index (Phi) is 3.17. The highest BCUT2D eigenvalue weighted by Gasteiger charge is 2.37. The number of hydrogen-bond acceptors (Lipinski definition) is 1. The highest BCUT2D eigenvalue weighted by atomic mass is 19.4. The number of benzene rings is 1.